The second kappa shape index (κ2) is 4.95. The van der Waals surface area contributed by atoms with E-state index in [4.69, 9.17) is 0 Å². The highest BCUT2D eigenvalue weighted by Crippen LogP contribution is 2.25. The third-order valence-corrected chi connectivity index (χ3v) is 4.59. The van der Waals surface area contributed by atoms with Crippen molar-refractivity contribution in [1.29, 1.82) is 0 Å². The standard InChI is InChI=1S/C11H17BrN2S/c1-8-5-13-6-9(2)14(8)7-10-3-4-11(12)15-10/h3-4,8-9,13H,5-7H2,1-2H3. The second-order valence-electron chi connectivity index (χ2n) is 4.23. The Kier molecular flexibility index (Phi) is 3.83. The summed E-state index contributed by atoms with van der Waals surface area (Å²) >= 11 is 5.35. The summed E-state index contributed by atoms with van der Waals surface area (Å²) in [6.45, 7) is 7.89. The Balaban J connectivity index is 2.03. The zero-order valence-electron chi connectivity index (χ0n) is 9.16. The second-order valence-corrected chi connectivity index (χ2v) is 6.78. The zero-order chi connectivity index (χ0) is 10.8. The molecule has 2 nitrogen and oxygen atoms in total. The van der Waals surface area contributed by atoms with Gasteiger partial charge in [0.15, 0.2) is 0 Å². The molecule has 15 heavy (non-hydrogen) atoms. The number of nitrogens with one attached hydrogen (secondary N) is 1. The van der Waals surface area contributed by atoms with Crippen LogP contribution in [0.4, 0.5) is 0 Å². The molecule has 1 saturated heterocycles. The molecule has 1 aromatic rings. The molecule has 0 saturated carbocycles. The van der Waals surface area contributed by atoms with Crippen molar-refractivity contribution in [3.63, 3.8) is 0 Å². The van der Waals surface area contributed by atoms with Crippen LogP contribution < -0.4 is 5.32 Å². The molecule has 2 rings (SSSR count). The Bertz CT molecular complexity index is 316. The van der Waals surface area contributed by atoms with E-state index in [1.807, 2.05) is 11.3 Å². The number of piperazine rings is 1. The average Bonchev–Trinajstić information content (AvgIpc) is 2.58. The molecular formula is C11H17BrN2S. The van der Waals surface area contributed by atoms with Gasteiger partial charge in [-0.3, -0.25) is 4.90 Å². The van der Waals surface area contributed by atoms with Crippen molar-refractivity contribution >= 4 is 27.3 Å². The van der Waals surface area contributed by atoms with Crippen LogP contribution in [0.1, 0.15) is 18.7 Å². The minimum Gasteiger partial charge on any atom is -0.314 e. The molecule has 1 aliphatic heterocycles. The smallest absolute Gasteiger partial charge is 0.0701 e. The van der Waals surface area contributed by atoms with Gasteiger partial charge in [-0.05, 0) is 41.9 Å². The normalized spacial score (nSPS) is 28.2. The summed E-state index contributed by atoms with van der Waals surface area (Å²) in [5.74, 6) is 0. The van der Waals surface area contributed by atoms with Gasteiger partial charge in [0.05, 0.1) is 3.79 Å². The van der Waals surface area contributed by atoms with Crippen molar-refractivity contribution in [3.05, 3.63) is 20.8 Å². The summed E-state index contributed by atoms with van der Waals surface area (Å²) in [6, 6.07) is 5.62. The fraction of sp³-hybridized carbons (Fsp3) is 0.636. The lowest BCUT2D eigenvalue weighted by Crippen LogP contribution is -2.54. The van der Waals surface area contributed by atoms with E-state index in [2.05, 4.69) is 52.1 Å². The highest BCUT2D eigenvalue weighted by Gasteiger charge is 2.24. The van der Waals surface area contributed by atoms with E-state index < -0.39 is 0 Å². The van der Waals surface area contributed by atoms with Crippen molar-refractivity contribution in [2.75, 3.05) is 13.1 Å². The summed E-state index contributed by atoms with van der Waals surface area (Å²) in [4.78, 5) is 4.02. The molecule has 4 heteroatoms. The van der Waals surface area contributed by atoms with Gasteiger partial charge < -0.3 is 5.32 Å². The van der Waals surface area contributed by atoms with Gasteiger partial charge in [0, 0.05) is 36.6 Å². The predicted octanol–water partition coefficient (Wildman–Crippen LogP) is 2.69. The van der Waals surface area contributed by atoms with E-state index in [-0.39, 0.29) is 0 Å². The van der Waals surface area contributed by atoms with E-state index >= 15 is 0 Å². The van der Waals surface area contributed by atoms with E-state index in [0.29, 0.717) is 12.1 Å². The minimum absolute atomic E-state index is 0.634. The molecule has 1 N–H and O–H groups in total. The van der Waals surface area contributed by atoms with E-state index in [9.17, 15) is 0 Å². The van der Waals surface area contributed by atoms with Crippen LogP contribution in [0.25, 0.3) is 0 Å². The van der Waals surface area contributed by atoms with Gasteiger partial charge in [-0.15, -0.1) is 11.3 Å². The first-order valence-electron chi connectivity index (χ1n) is 5.37. The number of nitrogens with zero attached hydrogens (tertiary/aromatic N) is 1. The number of hydrogen-bond donors (Lipinski definition) is 1. The minimum atomic E-state index is 0.634. The van der Waals surface area contributed by atoms with Gasteiger partial charge in [-0.2, -0.15) is 0 Å². The lowest BCUT2D eigenvalue weighted by Gasteiger charge is -2.39. The maximum absolute atomic E-state index is 3.51. The molecule has 1 fully saturated rings. The third-order valence-electron chi connectivity index (χ3n) is 2.98. The topological polar surface area (TPSA) is 15.3 Å². The molecule has 0 aromatic carbocycles. The largest absolute Gasteiger partial charge is 0.314 e. The Morgan fingerprint density at radius 3 is 2.60 bits per heavy atom. The van der Waals surface area contributed by atoms with Gasteiger partial charge in [-0.25, -0.2) is 0 Å². The quantitative estimate of drug-likeness (QED) is 0.900. The Hall–Kier alpha value is 0.1000. The monoisotopic (exact) mass is 288 g/mol. The summed E-state index contributed by atoms with van der Waals surface area (Å²) < 4.78 is 1.23. The Morgan fingerprint density at radius 1 is 1.40 bits per heavy atom. The van der Waals surface area contributed by atoms with Crippen LogP contribution in [0.3, 0.4) is 0 Å². The molecule has 0 bridgehead atoms. The lowest BCUT2D eigenvalue weighted by atomic mass is 10.1. The lowest BCUT2D eigenvalue weighted by molar-refractivity contribution is 0.110. The maximum Gasteiger partial charge on any atom is 0.0701 e. The molecule has 0 radical (unpaired) electrons. The number of hydrogen-bond acceptors (Lipinski definition) is 3. The highest BCUT2D eigenvalue weighted by atomic mass is 79.9. The van der Waals surface area contributed by atoms with E-state index in [0.717, 1.165) is 19.6 Å². The summed E-state index contributed by atoms with van der Waals surface area (Å²) in [7, 11) is 0. The van der Waals surface area contributed by atoms with Crippen LogP contribution in [0.15, 0.2) is 15.9 Å². The number of halogens is 1. The molecule has 0 amide bonds. The van der Waals surface area contributed by atoms with Gasteiger partial charge in [0.25, 0.3) is 0 Å². The fourth-order valence-corrected chi connectivity index (χ4v) is 3.59. The SMILES string of the molecule is CC1CNCC(C)N1Cc1ccc(Br)s1. The molecular weight excluding hydrogens is 272 g/mol. The van der Waals surface area contributed by atoms with Crippen LogP contribution in [-0.2, 0) is 6.54 Å². The molecule has 2 atom stereocenters. The number of thiophene rings is 1. The summed E-state index contributed by atoms with van der Waals surface area (Å²) in [5.41, 5.74) is 0. The number of rotatable bonds is 2. The van der Waals surface area contributed by atoms with E-state index in [1.54, 1.807) is 0 Å². The Labute approximate surface area is 104 Å². The molecule has 84 valence electrons. The van der Waals surface area contributed by atoms with Gasteiger partial charge in [-0.1, -0.05) is 0 Å². The maximum atomic E-state index is 3.51. The first kappa shape index (κ1) is 11.6. The van der Waals surface area contributed by atoms with Crippen LogP contribution in [-0.4, -0.2) is 30.1 Å². The molecule has 1 aromatic heterocycles. The predicted molar refractivity (Wildman–Crippen MR) is 69.4 cm³/mol. The zero-order valence-corrected chi connectivity index (χ0v) is 11.6. The molecule has 1 aliphatic rings. The fourth-order valence-electron chi connectivity index (χ4n) is 2.10. The molecule has 2 heterocycles. The van der Waals surface area contributed by atoms with Crippen LogP contribution in [0.2, 0.25) is 0 Å². The van der Waals surface area contributed by atoms with E-state index in [1.165, 1.54) is 8.66 Å². The van der Waals surface area contributed by atoms with Crippen molar-refractivity contribution in [2.45, 2.75) is 32.5 Å². The summed E-state index contributed by atoms with van der Waals surface area (Å²) in [6.07, 6.45) is 0. The highest BCUT2D eigenvalue weighted by molar-refractivity contribution is 9.11. The third kappa shape index (κ3) is 2.81. The summed E-state index contributed by atoms with van der Waals surface area (Å²) in [5, 5.41) is 3.46. The van der Waals surface area contributed by atoms with Crippen LogP contribution >= 0.6 is 27.3 Å². The first-order valence-corrected chi connectivity index (χ1v) is 6.98. The molecule has 0 spiro atoms. The molecule has 0 aliphatic carbocycles. The van der Waals surface area contributed by atoms with Crippen LogP contribution in [0.5, 0.6) is 0 Å². The Morgan fingerprint density at radius 2 is 2.07 bits per heavy atom. The first-order chi connectivity index (χ1) is 7.16. The van der Waals surface area contributed by atoms with Crippen molar-refractivity contribution in [1.82, 2.24) is 10.2 Å². The van der Waals surface area contributed by atoms with Crippen molar-refractivity contribution in [3.8, 4) is 0 Å². The van der Waals surface area contributed by atoms with Crippen molar-refractivity contribution in [2.24, 2.45) is 0 Å². The van der Waals surface area contributed by atoms with Gasteiger partial charge in [0.1, 0.15) is 0 Å². The average molecular weight is 289 g/mol. The van der Waals surface area contributed by atoms with Gasteiger partial charge >= 0.3 is 0 Å². The van der Waals surface area contributed by atoms with Gasteiger partial charge in [0.2, 0.25) is 0 Å². The molecule has 2 unspecified atom stereocenters. The van der Waals surface area contributed by atoms with Crippen LogP contribution in [0, 0.1) is 0 Å². The van der Waals surface area contributed by atoms with Crippen molar-refractivity contribution < 1.29 is 0 Å².